The smallest absolute Gasteiger partial charge is 0.366 e. The first-order chi connectivity index (χ1) is 16.7. The van der Waals surface area contributed by atoms with Crippen molar-refractivity contribution in [2.24, 2.45) is 0 Å². The summed E-state index contributed by atoms with van der Waals surface area (Å²) in [6, 6.07) is 6.81. The third kappa shape index (κ3) is 4.42. The van der Waals surface area contributed by atoms with E-state index in [-0.39, 0.29) is 36.0 Å². The number of rotatable bonds is 4. The van der Waals surface area contributed by atoms with Gasteiger partial charge >= 0.3 is 12.1 Å². The van der Waals surface area contributed by atoms with Crippen molar-refractivity contribution in [3.8, 4) is 11.3 Å². The Kier molecular flexibility index (Phi) is 5.86. The maximum absolute atomic E-state index is 13.1. The van der Waals surface area contributed by atoms with Crippen molar-refractivity contribution < 1.29 is 27.6 Å². The summed E-state index contributed by atoms with van der Waals surface area (Å²) in [6.45, 7) is 2.06. The monoisotopic (exact) mass is 487 g/mol. The van der Waals surface area contributed by atoms with Gasteiger partial charge in [-0.25, -0.2) is 14.8 Å². The number of carbonyl (C=O) groups excluding carboxylic acids is 2. The zero-order chi connectivity index (χ0) is 24.7. The minimum atomic E-state index is -5.20. The lowest BCUT2D eigenvalue weighted by molar-refractivity contribution is -0.199. The van der Waals surface area contributed by atoms with Gasteiger partial charge < -0.3 is 15.5 Å². The molecular weight excluding hydrogens is 463 g/mol. The number of para-hydroxylation sites is 1. The van der Waals surface area contributed by atoms with E-state index in [1.165, 1.54) is 12.5 Å². The summed E-state index contributed by atoms with van der Waals surface area (Å²) in [6.07, 6.45) is 0.534. The molecule has 0 saturated heterocycles. The zero-order valence-electron chi connectivity index (χ0n) is 19.0. The summed E-state index contributed by atoms with van der Waals surface area (Å²) in [5, 5.41) is 6.12. The van der Waals surface area contributed by atoms with Gasteiger partial charge in [-0.05, 0) is 31.9 Å². The molecule has 3 aromatic rings. The molecule has 1 saturated carbocycles. The van der Waals surface area contributed by atoms with Crippen LogP contribution in [0.1, 0.15) is 53.8 Å². The van der Waals surface area contributed by atoms with Crippen LogP contribution in [0.5, 0.6) is 0 Å². The molecule has 184 valence electrons. The van der Waals surface area contributed by atoms with Crippen molar-refractivity contribution in [3.63, 3.8) is 0 Å². The molecule has 1 aliphatic carbocycles. The minimum Gasteiger partial charge on any atom is -0.366 e. The van der Waals surface area contributed by atoms with E-state index < -0.39 is 18.1 Å². The van der Waals surface area contributed by atoms with Crippen LogP contribution >= 0.6 is 0 Å². The quantitative estimate of drug-likeness (QED) is 0.578. The summed E-state index contributed by atoms with van der Waals surface area (Å²) in [7, 11) is 0. The van der Waals surface area contributed by atoms with Crippen LogP contribution in [0.2, 0.25) is 0 Å². The first-order valence-corrected chi connectivity index (χ1v) is 11.6. The third-order valence-corrected chi connectivity index (χ3v) is 6.44. The van der Waals surface area contributed by atoms with E-state index in [1.807, 2.05) is 6.92 Å². The second-order valence-corrected chi connectivity index (χ2v) is 8.88. The van der Waals surface area contributed by atoms with E-state index in [9.17, 15) is 22.8 Å². The van der Waals surface area contributed by atoms with Crippen LogP contribution in [-0.2, 0) is 11.2 Å². The highest BCUT2D eigenvalue weighted by atomic mass is 19.4. The van der Waals surface area contributed by atoms with E-state index in [0.717, 1.165) is 30.4 Å². The van der Waals surface area contributed by atoms with Crippen LogP contribution in [0.15, 0.2) is 24.3 Å². The maximum atomic E-state index is 13.1. The molecule has 1 amide bonds. The fraction of sp³-hybridized carbons (Fsp3) is 0.417. The van der Waals surface area contributed by atoms with Crippen molar-refractivity contribution in [2.75, 3.05) is 11.9 Å². The number of nitrogens with one attached hydrogen (secondary N) is 2. The Morgan fingerprint density at radius 1 is 1.17 bits per heavy atom. The van der Waals surface area contributed by atoms with Gasteiger partial charge in [-0.2, -0.15) is 17.9 Å². The number of benzene rings is 1. The number of aromatic nitrogens is 3. The fourth-order valence-electron chi connectivity index (χ4n) is 4.73. The highest BCUT2D eigenvalue weighted by molar-refractivity contribution is 6.00. The van der Waals surface area contributed by atoms with E-state index in [2.05, 4.69) is 15.6 Å². The summed E-state index contributed by atoms with van der Waals surface area (Å²) in [4.78, 5) is 38.4. The number of fused-ring (bicyclic) bond motifs is 2. The van der Waals surface area contributed by atoms with Gasteiger partial charge in [0.15, 0.2) is 0 Å². The van der Waals surface area contributed by atoms with Gasteiger partial charge in [0, 0.05) is 24.6 Å². The van der Waals surface area contributed by atoms with E-state index >= 15 is 0 Å². The number of alkyl halides is 3. The fourth-order valence-corrected chi connectivity index (χ4v) is 4.73. The Labute approximate surface area is 198 Å². The number of hydrogen-bond acceptors (Lipinski definition) is 6. The van der Waals surface area contributed by atoms with Crippen LogP contribution in [0.4, 0.5) is 19.0 Å². The van der Waals surface area contributed by atoms with Crippen LogP contribution in [0.25, 0.3) is 22.3 Å². The first-order valence-electron chi connectivity index (χ1n) is 11.6. The topological polar surface area (TPSA) is 98.1 Å². The molecule has 8 nitrogen and oxygen atoms in total. The summed E-state index contributed by atoms with van der Waals surface area (Å²) < 4.78 is 40.0. The standard InChI is InChI=1S/C24H24F3N5O3/c1-13-21(30-14-6-3-2-4-7-14)31-20-15(8-5-9-17(20)29-13)19-12-16-18(10-11-28-22(16)33)32(19)35-23(34)24(25,26)27/h5,8-9,12,14H,2-4,6-7,10-11H2,1H3,(H,28,33)(H,30,31). The summed E-state index contributed by atoms with van der Waals surface area (Å²) in [5.74, 6) is -2.22. The highest BCUT2D eigenvalue weighted by Crippen LogP contribution is 2.33. The van der Waals surface area contributed by atoms with Gasteiger partial charge in [0.1, 0.15) is 11.3 Å². The van der Waals surface area contributed by atoms with Gasteiger partial charge in [-0.3, -0.25) is 4.79 Å². The van der Waals surface area contributed by atoms with Crippen molar-refractivity contribution in [1.29, 1.82) is 0 Å². The summed E-state index contributed by atoms with van der Waals surface area (Å²) in [5.41, 5.74) is 2.54. The molecule has 1 aromatic carbocycles. The van der Waals surface area contributed by atoms with E-state index in [0.29, 0.717) is 28.1 Å². The number of nitrogens with zero attached hydrogens (tertiary/aromatic N) is 3. The van der Waals surface area contributed by atoms with Crippen LogP contribution in [0, 0.1) is 6.92 Å². The van der Waals surface area contributed by atoms with Crippen molar-refractivity contribution in [1.82, 2.24) is 20.0 Å². The van der Waals surface area contributed by atoms with E-state index in [4.69, 9.17) is 9.82 Å². The van der Waals surface area contributed by atoms with Crippen molar-refractivity contribution in [3.05, 3.63) is 41.2 Å². The van der Waals surface area contributed by atoms with Gasteiger partial charge in [-0.1, -0.05) is 31.4 Å². The third-order valence-electron chi connectivity index (χ3n) is 6.44. The molecule has 0 atom stereocenters. The van der Waals surface area contributed by atoms with E-state index in [1.54, 1.807) is 18.2 Å². The molecule has 3 heterocycles. The molecule has 2 N–H and O–H groups in total. The van der Waals surface area contributed by atoms with Crippen LogP contribution < -0.4 is 15.5 Å². The maximum Gasteiger partial charge on any atom is 0.493 e. The van der Waals surface area contributed by atoms with Crippen molar-refractivity contribution in [2.45, 2.75) is 57.7 Å². The Morgan fingerprint density at radius 2 is 1.94 bits per heavy atom. The average Bonchev–Trinajstić information content (AvgIpc) is 3.19. The number of halogens is 3. The van der Waals surface area contributed by atoms with Crippen LogP contribution in [-0.4, -0.2) is 45.3 Å². The predicted octanol–water partition coefficient (Wildman–Crippen LogP) is 3.95. The average molecular weight is 487 g/mol. The number of hydrogen-bond donors (Lipinski definition) is 2. The highest BCUT2D eigenvalue weighted by Gasteiger charge is 2.43. The molecule has 11 heteroatoms. The Balaban J connectivity index is 1.64. The molecular formula is C24H24F3N5O3. The van der Waals surface area contributed by atoms with Crippen molar-refractivity contribution >= 4 is 28.7 Å². The molecule has 1 aliphatic heterocycles. The van der Waals surface area contributed by atoms with Gasteiger partial charge in [0.25, 0.3) is 5.91 Å². The van der Waals surface area contributed by atoms with Crippen LogP contribution in [0.3, 0.4) is 0 Å². The number of aryl methyl sites for hydroxylation is 1. The molecule has 2 aromatic heterocycles. The number of anilines is 1. The van der Waals surface area contributed by atoms with Gasteiger partial charge in [0.05, 0.1) is 28.2 Å². The second kappa shape index (κ2) is 8.86. The van der Waals surface area contributed by atoms with Gasteiger partial charge in [0.2, 0.25) is 0 Å². The molecule has 0 radical (unpaired) electrons. The molecule has 0 unspecified atom stereocenters. The first kappa shape index (κ1) is 23.1. The lowest BCUT2D eigenvalue weighted by atomic mass is 9.95. The number of carbonyl (C=O) groups is 2. The largest absolute Gasteiger partial charge is 0.493 e. The van der Waals surface area contributed by atoms with Gasteiger partial charge in [-0.15, -0.1) is 0 Å². The summed E-state index contributed by atoms with van der Waals surface area (Å²) >= 11 is 0. The molecule has 0 bridgehead atoms. The normalized spacial score (nSPS) is 16.6. The Morgan fingerprint density at radius 3 is 2.69 bits per heavy atom. The SMILES string of the molecule is Cc1nc2cccc(-c3cc4c(n3OC(=O)C(F)(F)F)CCNC4=O)c2nc1NC1CCCCC1. The molecule has 35 heavy (non-hydrogen) atoms. The Bertz CT molecular complexity index is 1310. The predicted molar refractivity (Wildman–Crippen MR) is 122 cm³/mol. The molecule has 2 aliphatic rings. The molecule has 5 rings (SSSR count). The zero-order valence-corrected chi connectivity index (χ0v) is 19.0. The molecule has 1 fully saturated rings. The minimum absolute atomic E-state index is 0.122. The Hall–Kier alpha value is -3.63. The second-order valence-electron chi connectivity index (χ2n) is 8.88. The lowest BCUT2D eigenvalue weighted by Gasteiger charge is -2.24. The lowest BCUT2D eigenvalue weighted by Crippen LogP contribution is -2.37. The molecule has 0 spiro atoms. The number of amides is 1.